The van der Waals surface area contributed by atoms with Crippen molar-refractivity contribution < 1.29 is 9.53 Å². The molecule has 18 heavy (non-hydrogen) atoms. The van der Waals surface area contributed by atoms with Gasteiger partial charge in [-0.3, -0.25) is 4.79 Å². The lowest BCUT2D eigenvalue weighted by Crippen LogP contribution is -2.52. The van der Waals surface area contributed by atoms with Crippen molar-refractivity contribution >= 4 is 13.4 Å². The third kappa shape index (κ3) is 3.74. The molecule has 0 spiro atoms. The molecule has 104 valence electrons. The highest BCUT2D eigenvalue weighted by molar-refractivity contribution is 6.34. The van der Waals surface area contributed by atoms with Crippen molar-refractivity contribution in [1.82, 2.24) is 4.81 Å². The van der Waals surface area contributed by atoms with Crippen LogP contribution in [0.1, 0.15) is 54.9 Å². The molecule has 1 aliphatic heterocycles. The first-order chi connectivity index (χ1) is 8.12. The molecule has 4 heteroatoms. The second kappa shape index (κ2) is 5.64. The van der Waals surface area contributed by atoms with E-state index < -0.39 is 0 Å². The van der Waals surface area contributed by atoms with Crippen LogP contribution in [0.25, 0.3) is 0 Å². The SMILES string of the molecule is CC(C)BN(C1CC(C(C)C)OC1=O)C(C)(C)C. The number of esters is 1. The molecular weight excluding hydrogens is 225 g/mol. The molecule has 1 fully saturated rings. The van der Waals surface area contributed by atoms with Gasteiger partial charge in [0.2, 0.25) is 7.41 Å². The van der Waals surface area contributed by atoms with Gasteiger partial charge in [0, 0.05) is 12.0 Å². The smallest absolute Gasteiger partial charge is 0.322 e. The van der Waals surface area contributed by atoms with Crippen LogP contribution in [-0.4, -0.2) is 35.9 Å². The third-order valence-electron chi connectivity index (χ3n) is 3.54. The van der Waals surface area contributed by atoms with E-state index in [9.17, 15) is 4.79 Å². The number of carbonyl (C=O) groups excluding carboxylic acids is 1. The van der Waals surface area contributed by atoms with Gasteiger partial charge in [0.25, 0.3) is 0 Å². The Labute approximate surface area is 113 Å². The fraction of sp³-hybridized carbons (Fsp3) is 0.929. The highest BCUT2D eigenvalue weighted by atomic mass is 16.6. The molecule has 0 aromatic heterocycles. The quantitative estimate of drug-likeness (QED) is 0.569. The van der Waals surface area contributed by atoms with Gasteiger partial charge in [0.05, 0.1) is 0 Å². The molecule has 0 amide bonds. The average Bonchev–Trinajstić information content (AvgIpc) is 2.55. The average molecular weight is 253 g/mol. The van der Waals surface area contributed by atoms with Crippen LogP contribution in [0, 0.1) is 5.92 Å². The number of hydrogen-bond donors (Lipinski definition) is 0. The van der Waals surface area contributed by atoms with Crippen LogP contribution < -0.4 is 0 Å². The maximum Gasteiger partial charge on any atom is 0.322 e. The summed E-state index contributed by atoms with van der Waals surface area (Å²) >= 11 is 0. The molecule has 1 rings (SSSR count). The number of carbonyl (C=O) groups is 1. The molecular formula is C14H28BNO2. The molecule has 0 radical (unpaired) electrons. The normalized spacial score (nSPS) is 25.1. The van der Waals surface area contributed by atoms with Crippen molar-refractivity contribution in [3.05, 3.63) is 0 Å². The largest absolute Gasteiger partial charge is 0.461 e. The Hall–Kier alpha value is -0.505. The second-order valence-electron chi connectivity index (χ2n) is 7.19. The second-order valence-corrected chi connectivity index (χ2v) is 7.19. The molecule has 0 saturated carbocycles. The van der Waals surface area contributed by atoms with E-state index in [1.54, 1.807) is 0 Å². The predicted molar refractivity (Wildman–Crippen MR) is 77.0 cm³/mol. The number of cyclic esters (lactones) is 1. The molecule has 1 heterocycles. The number of nitrogens with zero attached hydrogens (tertiary/aromatic N) is 1. The van der Waals surface area contributed by atoms with E-state index in [0.29, 0.717) is 11.7 Å². The van der Waals surface area contributed by atoms with Crippen molar-refractivity contribution in [3.8, 4) is 0 Å². The third-order valence-corrected chi connectivity index (χ3v) is 3.54. The molecule has 2 atom stereocenters. The van der Waals surface area contributed by atoms with Gasteiger partial charge >= 0.3 is 5.97 Å². The summed E-state index contributed by atoms with van der Waals surface area (Å²) in [4.78, 5) is 14.4. The number of rotatable bonds is 4. The van der Waals surface area contributed by atoms with Crippen molar-refractivity contribution in [2.75, 3.05) is 0 Å². The standard InChI is InChI=1S/C14H28BNO2/c1-9(2)12-8-11(13(17)18-12)16(14(5,6)7)15-10(3)4/h9-12,15H,8H2,1-7H3. The Morgan fingerprint density at radius 2 is 1.83 bits per heavy atom. The van der Waals surface area contributed by atoms with Crippen LogP contribution in [0.3, 0.4) is 0 Å². The molecule has 0 aliphatic carbocycles. The maximum atomic E-state index is 12.1. The zero-order chi connectivity index (χ0) is 14.1. The van der Waals surface area contributed by atoms with Crippen molar-refractivity contribution in [2.45, 2.75) is 78.4 Å². The lowest BCUT2D eigenvalue weighted by molar-refractivity contribution is -0.146. The molecule has 3 nitrogen and oxygen atoms in total. The lowest BCUT2D eigenvalue weighted by Gasteiger charge is -2.39. The highest BCUT2D eigenvalue weighted by Gasteiger charge is 2.43. The van der Waals surface area contributed by atoms with Gasteiger partial charge in [-0.1, -0.05) is 33.5 Å². The summed E-state index contributed by atoms with van der Waals surface area (Å²) in [6.07, 6.45) is 0.917. The van der Waals surface area contributed by atoms with Crippen LogP contribution in [-0.2, 0) is 9.53 Å². The van der Waals surface area contributed by atoms with Crippen LogP contribution in [0.2, 0.25) is 5.82 Å². The van der Waals surface area contributed by atoms with Crippen LogP contribution in [0.4, 0.5) is 0 Å². The van der Waals surface area contributed by atoms with Gasteiger partial charge in [0.1, 0.15) is 12.1 Å². The predicted octanol–water partition coefficient (Wildman–Crippen LogP) is 2.61. The van der Waals surface area contributed by atoms with E-state index in [0.717, 1.165) is 13.8 Å². The van der Waals surface area contributed by atoms with Crippen molar-refractivity contribution in [2.24, 2.45) is 5.92 Å². The summed E-state index contributed by atoms with van der Waals surface area (Å²) in [7, 11) is 0.939. The van der Waals surface area contributed by atoms with Crippen LogP contribution in [0.5, 0.6) is 0 Å². The van der Waals surface area contributed by atoms with Gasteiger partial charge < -0.3 is 9.55 Å². The van der Waals surface area contributed by atoms with Gasteiger partial charge in [-0.15, -0.1) is 0 Å². The van der Waals surface area contributed by atoms with Gasteiger partial charge in [-0.05, 0) is 26.7 Å². The topological polar surface area (TPSA) is 29.5 Å². The van der Waals surface area contributed by atoms with Crippen LogP contribution in [0.15, 0.2) is 0 Å². The van der Waals surface area contributed by atoms with Crippen LogP contribution >= 0.6 is 0 Å². The van der Waals surface area contributed by atoms with E-state index in [-0.39, 0.29) is 23.7 Å². The van der Waals surface area contributed by atoms with Gasteiger partial charge in [-0.2, -0.15) is 0 Å². The number of hydrogen-bond acceptors (Lipinski definition) is 3. The molecule has 1 saturated heterocycles. The minimum Gasteiger partial charge on any atom is -0.461 e. The Morgan fingerprint density at radius 1 is 1.28 bits per heavy atom. The highest BCUT2D eigenvalue weighted by Crippen LogP contribution is 2.30. The Balaban J connectivity index is 2.84. The maximum absolute atomic E-state index is 12.1. The zero-order valence-electron chi connectivity index (χ0n) is 13.0. The lowest BCUT2D eigenvalue weighted by atomic mass is 9.71. The van der Waals surface area contributed by atoms with Gasteiger partial charge in [0.15, 0.2) is 0 Å². The van der Waals surface area contributed by atoms with E-state index in [2.05, 4.69) is 53.3 Å². The molecule has 0 aromatic rings. The first-order valence-corrected chi connectivity index (χ1v) is 7.10. The van der Waals surface area contributed by atoms with Crippen molar-refractivity contribution in [1.29, 1.82) is 0 Å². The summed E-state index contributed by atoms with van der Waals surface area (Å²) in [5, 5.41) is 0. The Bertz CT molecular complexity index is 297. The summed E-state index contributed by atoms with van der Waals surface area (Å²) < 4.78 is 5.51. The molecule has 1 aliphatic rings. The minimum atomic E-state index is -0.0696. The van der Waals surface area contributed by atoms with E-state index >= 15 is 0 Å². The summed E-state index contributed by atoms with van der Waals surface area (Å²) in [6.45, 7) is 15.1. The fourth-order valence-electron chi connectivity index (χ4n) is 2.52. The minimum absolute atomic E-state index is 0.000172. The van der Waals surface area contributed by atoms with E-state index in [1.807, 2.05) is 0 Å². The Morgan fingerprint density at radius 3 is 2.17 bits per heavy atom. The monoisotopic (exact) mass is 253 g/mol. The molecule has 0 N–H and O–H groups in total. The zero-order valence-corrected chi connectivity index (χ0v) is 13.0. The first-order valence-electron chi connectivity index (χ1n) is 7.10. The fourth-order valence-corrected chi connectivity index (χ4v) is 2.52. The number of ether oxygens (including phenoxy) is 1. The summed E-state index contributed by atoms with van der Waals surface area (Å²) in [6, 6.07) is -0.0696. The van der Waals surface area contributed by atoms with Gasteiger partial charge in [-0.25, -0.2) is 0 Å². The summed E-state index contributed by atoms with van der Waals surface area (Å²) in [5.41, 5.74) is -0.000172. The molecule has 0 bridgehead atoms. The Kier molecular flexibility index (Phi) is 4.87. The van der Waals surface area contributed by atoms with Crippen molar-refractivity contribution in [3.63, 3.8) is 0 Å². The van der Waals surface area contributed by atoms with E-state index in [1.165, 1.54) is 0 Å². The first kappa shape index (κ1) is 15.6. The molecule has 2 unspecified atom stereocenters. The molecule has 0 aromatic carbocycles. The summed E-state index contributed by atoms with van der Waals surface area (Å²) in [5.74, 6) is 0.916. The van der Waals surface area contributed by atoms with E-state index in [4.69, 9.17) is 4.74 Å².